The molecule has 2 aromatic carbocycles. The average molecular weight is 257 g/mol. The molecule has 0 aromatic heterocycles. The first-order valence-electron chi connectivity index (χ1n) is 6.44. The molecule has 1 heterocycles. The zero-order valence-electron chi connectivity index (χ0n) is 10.8. The summed E-state index contributed by atoms with van der Waals surface area (Å²) >= 11 is 0. The van der Waals surface area contributed by atoms with E-state index in [1.807, 2.05) is 31.2 Å². The smallest absolute Gasteiger partial charge is 0.131 e. The third-order valence-corrected chi connectivity index (χ3v) is 3.56. The molecule has 0 aliphatic carbocycles. The molecule has 3 heteroatoms. The predicted octanol–water partition coefficient (Wildman–Crippen LogP) is 3.06. The van der Waals surface area contributed by atoms with Gasteiger partial charge >= 0.3 is 0 Å². The molecule has 0 spiro atoms. The van der Waals surface area contributed by atoms with Crippen LogP contribution in [0.4, 0.5) is 4.39 Å². The van der Waals surface area contributed by atoms with E-state index in [2.05, 4.69) is 0 Å². The standard InChI is InChI=1S/C16H16FNO/c1-10-4-2-3-5-14(10)15-8-12(17)6-11-7-13(9-18)19-16(11)15/h2-6,8,13H,7,9,18H2,1H3/t13-/m1/s1. The minimum Gasteiger partial charge on any atom is -0.488 e. The van der Waals surface area contributed by atoms with Crippen LogP contribution in [0, 0.1) is 12.7 Å². The van der Waals surface area contributed by atoms with E-state index in [1.54, 1.807) is 12.1 Å². The Morgan fingerprint density at radius 1 is 1.26 bits per heavy atom. The summed E-state index contributed by atoms with van der Waals surface area (Å²) in [6.45, 7) is 2.46. The van der Waals surface area contributed by atoms with E-state index in [-0.39, 0.29) is 11.9 Å². The van der Waals surface area contributed by atoms with Gasteiger partial charge in [-0.05, 0) is 30.2 Å². The van der Waals surface area contributed by atoms with Crippen molar-refractivity contribution in [2.24, 2.45) is 5.73 Å². The molecule has 2 aromatic rings. The Balaban J connectivity index is 2.16. The summed E-state index contributed by atoms with van der Waals surface area (Å²) in [7, 11) is 0. The van der Waals surface area contributed by atoms with E-state index in [4.69, 9.17) is 10.5 Å². The Morgan fingerprint density at radius 2 is 2.05 bits per heavy atom. The summed E-state index contributed by atoms with van der Waals surface area (Å²) in [5.41, 5.74) is 9.50. The number of halogens is 1. The van der Waals surface area contributed by atoms with Gasteiger partial charge in [-0.25, -0.2) is 4.39 Å². The number of benzene rings is 2. The third-order valence-electron chi connectivity index (χ3n) is 3.56. The molecule has 1 atom stereocenters. The molecular formula is C16H16FNO. The molecular weight excluding hydrogens is 241 g/mol. The Labute approximate surface area is 112 Å². The monoisotopic (exact) mass is 257 g/mol. The fourth-order valence-electron chi connectivity index (χ4n) is 2.60. The van der Waals surface area contributed by atoms with Crippen LogP contribution in [0.25, 0.3) is 11.1 Å². The maximum Gasteiger partial charge on any atom is 0.131 e. The number of nitrogens with two attached hydrogens (primary N) is 1. The Kier molecular flexibility index (Phi) is 2.99. The van der Waals surface area contributed by atoms with Crippen molar-refractivity contribution in [3.05, 3.63) is 53.3 Å². The lowest BCUT2D eigenvalue weighted by molar-refractivity contribution is 0.242. The highest BCUT2D eigenvalue weighted by Crippen LogP contribution is 2.40. The van der Waals surface area contributed by atoms with Gasteiger partial charge in [0.25, 0.3) is 0 Å². The van der Waals surface area contributed by atoms with Crippen molar-refractivity contribution in [2.45, 2.75) is 19.4 Å². The topological polar surface area (TPSA) is 35.2 Å². The molecule has 0 radical (unpaired) electrons. The number of hydrogen-bond donors (Lipinski definition) is 1. The molecule has 0 saturated carbocycles. The molecule has 0 unspecified atom stereocenters. The molecule has 1 aliphatic heterocycles. The van der Waals surface area contributed by atoms with Crippen molar-refractivity contribution in [2.75, 3.05) is 6.54 Å². The Morgan fingerprint density at radius 3 is 2.79 bits per heavy atom. The van der Waals surface area contributed by atoms with Gasteiger partial charge in [-0.1, -0.05) is 24.3 Å². The minimum absolute atomic E-state index is 0.0421. The lowest BCUT2D eigenvalue weighted by Crippen LogP contribution is -2.24. The van der Waals surface area contributed by atoms with Crippen LogP contribution in [0.1, 0.15) is 11.1 Å². The van der Waals surface area contributed by atoms with E-state index in [9.17, 15) is 4.39 Å². The maximum absolute atomic E-state index is 13.8. The Hall–Kier alpha value is -1.87. The van der Waals surface area contributed by atoms with Crippen molar-refractivity contribution < 1.29 is 9.13 Å². The van der Waals surface area contributed by atoms with Crippen molar-refractivity contribution >= 4 is 0 Å². The predicted molar refractivity (Wildman–Crippen MR) is 73.7 cm³/mol. The highest BCUT2D eigenvalue weighted by atomic mass is 19.1. The first-order valence-corrected chi connectivity index (χ1v) is 6.44. The fourth-order valence-corrected chi connectivity index (χ4v) is 2.60. The molecule has 1 aliphatic rings. The fraction of sp³-hybridized carbons (Fsp3) is 0.250. The molecule has 0 bridgehead atoms. The zero-order chi connectivity index (χ0) is 13.4. The highest BCUT2D eigenvalue weighted by Gasteiger charge is 2.26. The Bertz CT molecular complexity index is 624. The van der Waals surface area contributed by atoms with Gasteiger partial charge in [-0.2, -0.15) is 0 Å². The largest absolute Gasteiger partial charge is 0.488 e. The van der Waals surface area contributed by atoms with Crippen LogP contribution in [0.3, 0.4) is 0 Å². The van der Waals surface area contributed by atoms with E-state index < -0.39 is 0 Å². The van der Waals surface area contributed by atoms with Crippen LogP contribution >= 0.6 is 0 Å². The lowest BCUT2D eigenvalue weighted by atomic mass is 9.97. The van der Waals surface area contributed by atoms with E-state index >= 15 is 0 Å². The van der Waals surface area contributed by atoms with Crippen molar-refractivity contribution in [3.8, 4) is 16.9 Å². The number of rotatable bonds is 2. The van der Waals surface area contributed by atoms with Crippen molar-refractivity contribution in [1.29, 1.82) is 0 Å². The first-order chi connectivity index (χ1) is 9.19. The van der Waals surface area contributed by atoms with E-state index in [0.717, 1.165) is 28.0 Å². The number of fused-ring (bicyclic) bond motifs is 1. The normalized spacial score (nSPS) is 17.1. The maximum atomic E-state index is 13.8. The van der Waals surface area contributed by atoms with Crippen LogP contribution in [-0.4, -0.2) is 12.6 Å². The summed E-state index contributed by atoms with van der Waals surface area (Å²) in [5.74, 6) is 0.560. The average Bonchev–Trinajstić information content (AvgIpc) is 2.81. The van der Waals surface area contributed by atoms with E-state index in [1.165, 1.54) is 0 Å². The summed E-state index contributed by atoms with van der Waals surface area (Å²) in [6, 6.07) is 11.0. The summed E-state index contributed by atoms with van der Waals surface area (Å²) in [6.07, 6.45) is 0.641. The van der Waals surface area contributed by atoms with Gasteiger partial charge in [-0.3, -0.25) is 0 Å². The van der Waals surface area contributed by atoms with Gasteiger partial charge in [0.2, 0.25) is 0 Å². The van der Waals surface area contributed by atoms with Crippen LogP contribution in [0.5, 0.6) is 5.75 Å². The molecule has 19 heavy (non-hydrogen) atoms. The van der Waals surface area contributed by atoms with Crippen molar-refractivity contribution in [1.82, 2.24) is 0 Å². The summed E-state index contributed by atoms with van der Waals surface area (Å²) < 4.78 is 19.6. The number of aryl methyl sites for hydroxylation is 1. The second kappa shape index (κ2) is 4.67. The molecule has 0 amide bonds. The molecule has 0 saturated heterocycles. The quantitative estimate of drug-likeness (QED) is 0.897. The first kappa shape index (κ1) is 12.2. The molecule has 2 nitrogen and oxygen atoms in total. The molecule has 2 N–H and O–H groups in total. The second-order valence-corrected chi connectivity index (χ2v) is 4.94. The minimum atomic E-state index is -0.224. The molecule has 3 rings (SSSR count). The van der Waals surface area contributed by atoms with Crippen LogP contribution in [-0.2, 0) is 6.42 Å². The van der Waals surface area contributed by atoms with E-state index in [0.29, 0.717) is 13.0 Å². The molecule has 98 valence electrons. The second-order valence-electron chi connectivity index (χ2n) is 4.94. The van der Waals surface area contributed by atoms with Crippen molar-refractivity contribution in [3.63, 3.8) is 0 Å². The molecule has 0 fully saturated rings. The number of hydrogen-bond acceptors (Lipinski definition) is 2. The zero-order valence-corrected chi connectivity index (χ0v) is 10.8. The van der Waals surface area contributed by atoms with Crippen LogP contribution < -0.4 is 10.5 Å². The summed E-state index contributed by atoms with van der Waals surface area (Å²) in [5, 5.41) is 0. The van der Waals surface area contributed by atoms with Crippen LogP contribution in [0.2, 0.25) is 0 Å². The van der Waals surface area contributed by atoms with Gasteiger partial charge in [0.05, 0.1) is 0 Å². The van der Waals surface area contributed by atoms with Gasteiger partial charge in [0.1, 0.15) is 17.7 Å². The van der Waals surface area contributed by atoms with Crippen LogP contribution in [0.15, 0.2) is 36.4 Å². The number of ether oxygens (including phenoxy) is 1. The summed E-state index contributed by atoms with van der Waals surface area (Å²) in [4.78, 5) is 0. The lowest BCUT2D eigenvalue weighted by Gasteiger charge is -2.12. The third kappa shape index (κ3) is 2.10. The SMILES string of the molecule is Cc1ccccc1-c1cc(F)cc2c1O[C@@H](CN)C2. The van der Waals surface area contributed by atoms with Gasteiger partial charge in [0, 0.05) is 24.1 Å². The van der Waals surface area contributed by atoms with Gasteiger partial charge < -0.3 is 10.5 Å². The highest BCUT2D eigenvalue weighted by molar-refractivity contribution is 5.75. The van der Waals surface area contributed by atoms with Gasteiger partial charge in [0.15, 0.2) is 0 Å². The van der Waals surface area contributed by atoms with Gasteiger partial charge in [-0.15, -0.1) is 0 Å².